The maximum absolute atomic E-state index is 10.9. The highest BCUT2D eigenvalue weighted by Crippen LogP contribution is 2.18. The molecule has 0 aromatic rings. The molecule has 4 heteroatoms. The van der Waals surface area contributed by atoms with Gasteiger partial charge < -0.3 is 9.84 Å². The molecule has 0 saturated carbocycles. The van der Waals surface area contributed by atoms with Gasteiger partial charge in [0.15, 0.2) is 5.78 Å². The van der Waals surface area contributed by atoms with Crippen LogP contribution in [0.15, 0.2) is 0 Å². The summed E-state index contributed by atoms with van der Waals surface area (Å²) in [5.74, 6) is -1.87. The van der Waals surface area contributed by atoms with Crippen molar-refractivity contribution in [3.63, 3.8) is 0 Å². The van der Waals surface area contributed by atoms with Crippen molar-refractivity contribution in [2.45, 2.75) is 26.4 Å². The second kappa shape index (κ2) is 3.67. The van der Waals surface area contributed by atoms with Crippen LogP contribution in [0.5, 0.6) is 0 Å². The molecule has 0 spiro atoms. The first kappa shape index (κ1) is 11.1. The van der Waals surface area contributed by atoms with Gasteiger partial charge in [-0.3, -0.25) is 9.59 Å². The Balaban J connectivity index is 4.56. The van der Waals surface area contributed by atoms with Gasteiger partial charge in [-0.1, -0.05) is 0 Å². The second-order valence-electron chi connectivity index (χ2n) is 2.95. The first-order valence-electron chi connectivity index (χ1n) is 3.65. The molecule has 0 amide bonds. The number of carbonyl (C=O) groups is 2. The quantitative estimate of drug-likeness (QED) is 0.618. The number of carbonyl (C=O) groups excluding carboxylic acids is 2. The van der Waals surface area contributed by atoms with Gasteiger partial charge in [-0.05, 0) is 20.8 Å². The summed E-state index contributed by atoms with van der Waals surface area (Å²) in [5.41, 5.74) is -1.63. The van der Waals surface area contributed by atoms with Crippen molar-refractivity contribution < 1.29 is 19.4 Å². The molecule has 0 aliphatic carbocycles. The molecule has 2 unspecified atom stereocenters. The van der Waals surface area contributed by atoms with E-state index in [1.807, 2.05) is 0 Å². The highest BCUT2D eigenvalue weighted by atomic mass is 16.5. The molecular formula is C8H14O4. The highest BCUT2D eigenvalue weighted by Gasteiger charge is 2.38. The van der Waals surface area contributed by atoms with E-state index >= 15 is 0 Å². The molecule has 0 aromatic heterocycles. The summed E-state index contributed by atoms with van der Waals surface area (Å²) < 4.78 is 4.40. The number of hydrogen-bond donors (Lipinski definition) is 1. The summed E-state index contributed by atoms with van der Waals surface area (Å²) in [6, 6.07) is 0. The van der Waals surface area contributed by atoms with Crippen molar-refractivity contribution in [2.24, 2.45) is 5.92 Å². The molecule has 0 rings (SSSR count). The largest absolute Gasteiger partial charge is 0.469 e. The van der Waals surface area contributed by atoms with Crippen molar-refractivity contribution >= 4 is 11.8 Å². The number of esters is 1. The van der Waals surface area contributed by atoms with E-state index in [4.69, 9.17) is 0 Å². The first-order valence-corrected chi connectivity index (χ1v) is 3.65. The van der Waals surface area contributed by atoms with Gasteiger partial charge in [0, 0.05) is 0 Å². The fraction of sp³-hybridized carbons (Fsp3) is 0.750. The molecule has 0 aromatic carbocycles. The van der Waals surface area contributed by atoms with Gasteiger partial charge in [-0.25, -0.2) is 0 Å². The van der Waals surface area contributed by atoms with E-state index in [9.17, 15) is 14.7 Å². The summed E-state index contributed by atoms with van der Waals surface area (Å²) >= 11 is 0. The molecule has 12 heavy (non-hydrogen) atoms. The Kier molecular flexibility index (Phi) is 3.39. The van der Waals surface area contributed by atoms with Gasteiger partial charge in [0.25, 0.3) is 0 Å². The Hall–Kier alpha value is -0.900. The van der Waals surface area contributed by atoms with E-state index in [1.54, 1.807) is 0 Å². The van der Waals surface area contributed by atoms with Gasteiger partial charge in [-0.15, -0.1) is 0 Å². The van der Waals surface area contributed by atoms with Crippen LogP contribution >= 0.6 is 0 Å². The maximum atomic E-state index is 10.9. The van der Waals surface area contributed by atoms with Crippen LogP contribution in [-0.2, 0) is 14.3 Å². The number of Topliss-reactive ketones (excluding diaryl/α,β-unsaturated/α-hetero) is 1. The SMILES string of the molecule is COC(=O)C(C)C(C)(O)C(C)=O. The number of aliphatic hydroxyl groups is 1. The smallest absolute Gasteiger partial charge is 0.311 e. The van der Waals surface area contributed by atoms with Gasteiger partial charge in [-0.2, -0.15) is 0 Å². The summed E-state index contributed by atoms with van der Waals surface area (Å²) in [7, 11) is 1.22. The van der Waals surface area contributed by atoms with Crippen molar-refractivity contribution in [2.75, 3.05) is 7.11 Å². The zero-order chi connectivity index (χ0) is 9.94. The lowest BCUT2D eigenvalue weighted by atomic mass is 9.87. The van der Waals surface area contributed by atoms with Crippen molar-refractivity contribution in [1.82, 2.24) is 0 Å². The Morgan fingerprint density at radius 3 is 2.17 bits per heavy atom. The van der Waals surface area contributed by atoms with E-state index in [0.717, 1.165) is 0 Å². The third-order valence-electron chi connectivity index (χ3n) is 2.11. The van der Waals surface area contributed by atoms with Gasteiger partial charge in [0.05, 0.1) is 13.0 Å². The van der Waals surface area contributed by atoms with E-state index in [1.165, 1.54) is 27.9 Å². The fourth-order valence-corrected chi connectivity index (χ4v) is 0.711. The Labute approximate surface area is 71.5 Å². The van der Waals surface area contributed by atoms with Crippen molar-refractivity contribution in [1.29, 1.82) is 0 Å². The number of hydrogen-bond acceptors (Lipinski definition) is 4. The third-order valence-corrected chi connectivity index (χ3v) is 2.11. The number of ketones is 1. The topological polar surface area (TPSA) is 63.6 Å². The maximum Gasteiger partial charge on any atom is 0.311 e. The second-order valence-corrected chi connectivity index (χ2v) is 2.95. The molecular weight excluding hydrogens is 160 g/mol. The molecule has 0 bridgehead atoms. The predicted octanol–water partition coefficient (Wildman–Crippen LogP) is 0.135. The average molecular weight is 174 g/mol. The lowest BCUT2D eigenvalue weighted by molar-refractivity contribution is -0.159. The van der Waals surface area contributed by atoms with E-state index < -0.39 is 23.3 Å². The predicted molar refractivity (Wildman–Crippen MR) is 42.5 cm³/mol. The third kappa shape index (κ3) is 2.04. The summed E-state index contributed by atoms with van der Waals surface area (Å²) in [4.78, 5) is 21.8. The van der Waals surface area contributed by atoms with Crippen LogP contribution in [0.2, 0.25) is 0 Å². The Bertz CT molecular complexity index is 195. The summed E-state index contributed by atoms with van der Waals surface area (Å²) in [6.07, 6.45) is 0. The van der Waals surface area contributed by atoms with E-state index in [2.05, 4.69) is 4.74 Å². The number of rotatable bonds is 3. The Morgan fingerprint density at radius 2 is 1.92 bits per heavy atom. The minimum Gasteiger partial charge on any atom is -0.469 e. The summed E-state index contributed by atoms with van der Waals surface area (Å²) in [6.45, 7) is 3.99. The molecule has 0 heterocycles. The zero-order valence-corrected chi connectivity index (χ0v) is 7.75. The molecule has 2 atom stereocenters. The molecule has 4 nitrogen and oxygen atoms in total. The van der Waals surface area contributed by atoms with Crippen molar-refractivity contribution in [3.8, 4) is 0 Å². The standard InChI is InChI=1S/C8H14O4/c1-5(7(10)12-4)8(3,11)6(2)9/h5,11H,1-4H3. The molecule has 70 valence electrons. The lowest BCUT2D eigenvalue weighted by Crippen LogP contribution is -2.44. The van der Waals surface area contributed by atoms with Crippen LogP contribution in [-0.4, -0.2) is 29.6 Å². The molecule has 0 fully saturated rings. The Morgan fingerprint density at radius 1 is 1.50 bits per heavy atom. The van der Waals surface area contributed by atoms with Crippen LogP contribution in [0.25, 0.3) is 0 Å². The average Bonchev–Trinajstić information content (AvgIpc) is 2.01. The van der Waals surface area contributed by atoms with Gasteiger partial charge in [0.1, 0.15) is 5.60 Å². The van der Waals surface area contributed by atoms with Gasteiger partial charge >= 0.3 is 5.97 Å². The van der Waals surface area contributed by atoms with Crippen LogP contribution in [0.1, 0.15) is 20.8 Å². The zero-order valence-electron chi connectivity index (χ0n) is 7.75. The van der Waals surface area contributed by atoms with Crippen molar-refractivity contribution in [3.05, 3.63) is 0 Å². The minimum absolute atomic E-state index is 0.444. The minimum atomic E-state index is -1.63. The molecule has 0 aliphatic rings. The normalized spacial score (nSPS) is 17.8. The molecule has 1 N–H and O–H groups in total. The number of methoxy groups -OCH3 is 1. The highest BCUT2D eigenvalue weighted by molar-refractivity contribution is 5.90. The molecule has 0 aliphatic heterocycles. The lowest BCUT2D eigenvalue weighted by Gasteiger charge is -2.24. The van der Waals surface area contributed by atoms with Crippen LogP contribution in [0.4, 0.5) is 0 Å². The van der Waals surface area contributed by atoms with Crippen LogP contribution < -0.4 is 0 Å². The van der Waals surface area contributed by atoms with E-state index in [-0.39, 0.29) is 0 Å². The number of ether oxygens (including phenoxy) is 1. The fourth-order valence-electron chi connectivity index (χ4n) is 0.711. The monoisotopic (exact) mass is 174 g/mol. The van der Waals surface area contributed by atoms with Crippen LogP contribution in [0.3, 0.4) is 0 Å². The molecule has 0 radical (unpaired) electrons. The van der Waals surface area contributed by atoms with E-state index in [0.29, 0.717) is 0 Å². The molecule has 0 saturated heterocycles. The van der Waals surface area contributed by atoms with Gasteiger partial charge in [0.2, 0.25) is 0 Å². The summed E-state index contributed by atoms with van der Waals surface area (Å²) in [5, 5.41) is 9.51. The first-order chi connectivity index (χ1) is 5.34. The van der Waals surface area contributed by atoms with Crippen LogP contribution in [0, 0.1) is 5.92 Å².